The van der Waals surface area contributed by atoms with Gasteiger partial charge in [-0.05, 0) is 13.8 Å². The van der Waals surface area contributed by atoms with Gasteiger partial charge in [0, 0.05) is 30.0 Å². The van der Waals surface area contributed by atoms with Crippen LogP contribution in [0.2, 0.25) is 0 Å². The Balaban J connectivity index is 2.40. The molecule has 3 N–H and O–H groups in total. The predicted molar refractivity (Wildman–Crippen MR) is 77.5 cm³/mol. The monoisotopic (exact) mass is 286 g/mol. The number of nitrogens with one attached hydrogen (secondary N) is 1. The van der Waals surface area contributed by atoms with Crippen LogP contribution >= 0.6 is 12.6 Å². The Hall–Kier alpha value is -0.820. The molecule has 108 valence electrons. The van der Waals surface area contributed by atoms with Crippen molar-refractivity contribution < 1.29 is 14.9 Å². The predicted octanol–water partition coefficient (Wildman–Crippen LogP) is 0.743. The van der Waals surface area contributed by atoms with E-state index in [4.69, 9.17) is 14.9 Å². The van der Waals surface area contributed by atoms with Crippen molar-refractivity contribution in [2.45, 2.75) is 31.8 Å². The van der Waals surface area contributed by atoms with E-state index in [0.29, 0.717) is 30.3 Å². The van der Waals surface area contributed by atoms with Crippen LogP contribution in [0.15, 0.2) is 12.1 Å². The van der Waals surface area contributed by atoms with Gasteiger partial charge in [-0.1, -0.05) is 0 Å². The topological polar surface area (TPSA) is 74.6 Å². The Labute approximate surface area is 119 Å². The smallest absolute Gasteiger partial charge is 0.123 e. The third-order valence-electron chi connectivity index (χ3n) is 2.33. The van der Waals surface area contributed by atoms with E-state index >= 15 is 0 Å². The van der Waals surface area contributed by atoms with Crippen molar-refractivity contribution >= 4 is 12.6 Å². The Morgan fingerprint density at radius 3 is 2.32 bits per heavy atom. The highest BCUT2D eigenvalue weighted by molar-refractivity contribution is 7.81. The molecular weight excluding hydrogens is 264 g/mol. The molecule has 0 bridgehead atoms. The SMILES string of the molecule is CC(C)(S)CNCCOc1cc(CO)nc(CO)c1. The maximum Gasteiger partial charge on any atom is 0.123 e. The molecule has 0 unspecified atom stereocenters. The zero-order chi connectivity index (χ0) is 14.3. The van der Waals surface area contributed by atoms with Gasteiger partial charge >= 0.3 is 0 Å². The van der Waals surface area contributed by atoms with Gasteiger partial charge in [-0.25, -0.2) is 0 Å². The number of thiol groups is 1. The summed E-state index contributed by atoms with van der Waals surface area (Å²) >= 11 is 4.41. The fourth-order valence-corrected chi connectivity index (χ4v) is 1.61. The highest BCUT2D eigenvalue weighted by atomic mass is 32.1. The number of aliphatic hydroxyl groups excluding tert-OH is 2. The first-order chi connectivity index (χ1) is 8.94. The normalized spacial score (nSPS) is 11.6. The molecule has 0 radical (unpaired) electrons. The van der Waals surface area contributed by atoms with Crippen LogP contribution in [0.3, 0.4) is 0 Å². The van der Waals surface area contributed by atoms with Gasteiger partial charge in [-0.3, -0.25) is 4.98 Å². The molecule has 19 heavy (non-hydrogen) atoms. The number of pyridine rings is 1. The van der Waals surface area contributed by atoms with Gasteiger partial charge in [0.05, 0.1) is 24.6 Å². The molecule has 1 aromatic rings. The Morgan fingerprint density at radius 2 is 1.84 bits per heavy atom. The summed E-state index contributed by atoms with van der Waals surface area (Å²) in [6.45, 7) is 5.73. The first-order valence-corrected chi connectivity index (χ1v) is 6.67. The van der Waals surface area contributed by atoms with Crippen molar-refractivity contribution in [3.05, 3.63) is 23.5 Å². The number of hydrogen-bond donors (Lipinski definition) is 4. The molecule has 0 spiro atoms. The lowest BCUT2D eigenvalue weighted by molar-refractivity contribution is 0.261. The van der Waals surface area contributed by atoms with Crippen molar-refractivity contribution in [2.75, 3.05) is 19.7 Å². The Morgan fingerprint density at radius 1 is 1.26 bits per heavy atom. The van der Waals surface area contributed by atoms with Crippen LogP contribution in [-0.2, 0) is 13.2 Å². The molecule has 0 aromatic carbocycles. The van der Waals surface area contributed by atoms with Gasteiger partial charge < -0.3 is 20.3 Å². The molecule has 6 heteroatoms. The summed E-state index contributed by atoms with van der Waals surface area (Å²) < 4.78 is 5.51. The highest BCUT2D eigenvalue weighted by Crippen LogP contribution is 2.14. The molecule has 1 aromatic heterocycles. The van der Waals surface area contributed by atoms with Gasteiger partial charge in [0.1, 0.15) is 12.4 Å². The van der Waals surface area contributed by atoms with Crippen LogP contribution in [-0.4, -0.2) is 39.6 Å². The molecule has 1 rings (SSSR count). The standard InChI is InChI=1S/C13H22N2O3S/c1-13(2,19)9-14-3-4-18-12-5-10(7-16)15-11(6-12)8-17/h5-6,14,16-17,19H,3-4,7-9H2,1-2H3. The molecule has 0 aliphatic rings. The summed E-state index contributed by atoms with van der Waals surface area (Å²) in [5, 5.41) is 21.4. The first kappa shape index (κ1) is 16.2. The van der Waals surface area contributed by atoms with Crippen molar-refractivity contribution in [3.63, 3.8) is 0 Å². The molecular formula is C13H22N2O3S. The summed E-state index contributed by atoms with van der Waals surface area (Å²) in [5.41, 5.74) is 0.983. The van der Waals surface area contributed by atoms with E-state index in [1.54, 1.807) is 12.1 Å². The quantitative estimate of drug-likeness (QED) is 0.419. The van der Waals surface area contributed by atoms with Crippen LogP contribution in [0.4, 0.5) is 0 Å². The van der Waals surface area contributed by atoms with Crippen LogP contribution in [0.25, 0.3) is 0 Å². The third kappa shape index (κ3) is 6.77. The highest BCUT2D eigenvalue weighted by Gasteiger charge is 2.09. The van der Waals surface area contributed by atoms with E-state index in [9.17, 15) is 0 Å². The average Bonchev–Trinajstić information content (AvgIpc) is 2.36. The molecule has 0 atom stereocenters. The zero-order valence-electron chi connectivity index (χ0n) is 11.4. The van der Waals surface area contributed by atoms with Gasteiger partial charge in [0.2, 0.25) is 0 Å². The van der Waals surface area contributed by atoms with Crippen LogP contribution < -0.4 is 10.1 Å². The van der Waals surface area contributed by atoms with E-state index in [2.05, 4.69) is 22.9 Å². The lowest BCUT2D eigenvalue weighted by Crippen LogP contribution is -2.32. The summed E-state index contributed by atoms with van der Waals surface area (Å²) in [5.74, 6) is 0.607. The van der Waals surface area contributed by atoms with Gasteiger partial charge in [-0.15, -0.1) is 0 Å². The maximum absolute atomic E-state index is 9.06. The van der Waals surface area contributed by atoms with Crippen molar-refractivity contribution in [2.24, 2.45) is 0 Å². The number of rotatable bonds is 8. The number of ether oxygens (including phenoxy) is 1. The summed E-state index contributed by atoms with van der Waals surface area (Å²) in [6.07, 6.45) is 0. The maximum atomic E-state index is 9.06. The second-order valence-electron chi connectivity index (χ2n) is 4.94. The zero-order valence-corrected chi connectivity index (χ0v) is 12.3. The number of aromatic nitrogens is 1. The van der Waals surface area contributed by atoms with Gasteiger partial charge in [-0.2, -0.15) is 12.6 Å². The minimum Gasteiger partial charge on any atom is -0.492 e. The minimum atomic E-state index is -0.170. The number of aliphatic hydroxyl groups is 2. The average molecular weight is 286 g/mol. The molecule has 0 fully saturated rings. The Bertz CT molecular complexity index is 372. The van der Waals surface area contributed by atoms with Crippen molar-refractivity contribution in [3.8, 4) is 5.75 Å². The molecule has 0 aliphatic carbocycles. The summed E-state index contributed by atoms with van der Waals surface area (Å²) in [7, 11) is 0. The van der Waals surface area contributed by atoms with Crippen molar-refractivity contribution in [1.29, 1.82) is 0 Å². The van der Waals surface area contributed by atoms with Crippen LogP contribution in [0, 0.1) is 0 Å². The molecule has 0 aliphatic heterocycles. The molecule has 5 nitrogen and oxygen atoms in total. The fourth-order valence-electron chi connectivity index (χ4n) is 1.50. The molecule has 0 amide bonds. The second kappa shape index (κ2) is 7.69. The number of nitrogens with zero attached hydrogens (tertiary/aromatic N) is 1. The van der Waals surface area contributed by atoms with E-state index in [0.717, 1.165) is 6.54 Å². The van der Waals surface area contributed by atoms with E-state index in [1.807, 2.05) is 13.8 Å². The summed E-state index contributed by atoms with van der Waals surface area (Å²) in [4.78, 5) is 4.04. The molecule has 1 heterocycles. The first-order valence-electron chi connectivity index (χ1n) is 6.22. The van der Waals surface area contributed by atoms with Crippen molar-refractivity contribution in [1.82, 2.24) is 10.3 Å². The third-order valence-corrected chi connectivity index (χ3v) is 2.49. The number of hydrogen-bond acceptors (Lipinski definition) is 6. The van der Waals surface area contributed by atoms with Gasteiger partial charge in [0.25, 0.3) is 0 Å². The fraction of sp³-hybridized carbons (Fsp3) is 0.615. The largest absolute Gasteiger partial charge is 0.492 e. The molecule has 0 saturated carbocycles. The Kier molecular flexibility index (Phi) is 6.57. The lowest BCUT2D eigenvalue weighted by Gasteiger charge is -2.18. The minimum absolute atomic E-state index is 0.0508. The van der Waals surface area contributed by atoms with E-state index in [1.165, 1.54) is 0 Å². The summed E-state index contributed by atoms with van der Waals surface area (Å²) in [6, 6.07) is 3.34. The lowest BCUT2D eigenvalue weighted by atomic mass is 10.2. The molecule has 0 saturated heterocycles. The van der Waals surface area contributed by atoms with E-state index in [-0.39, 0.29) is 18.0 Å². The second-order valence-corrected chi connectivity index (χ2v) is 6.15. The van der Waals surface area contributed by atoms with E-state index < -0.39 is 0 Å². The van der Waals surface area contributed by atoms with Crippen LogP contribution in [0.5, 0.6) is 5.75 Å². The van der Waals surface area contributed by atoms with Crippen LogP contribution in [0.1, 0.15) is 25.2 Å². The van der Waals surface area contributed by atoms with Gasteiger partial charge in [0.15, 0.2) is 0 Å².